The minimum atomic E-state index is -0.00562. The van der Waals surface area contributed by atoms with E-state index in [1.165, 1.54) is 144 Å². The third-order valence-electron chi connectivity index (χ3n) is 18.4. The lowest BCUT2D eigenvalue weighted by Gasteiger charge is -2.43. The molecule has 0 unspecified atom stereocenters. The van der Waals surface area contributed by atoms with E-state index in [4.69, 9.17) is 0 Å². The summed E-state index contributed by atoms with van der Waals surface area (Å²) in [5.41, 5.74) is 27.7. The Morgan fingerprint density at radius 3 is 1.24 bits per heavy atom. The zero-order chi connectivity index (χ0) is 56.3. The average Bonchev–Trinajstić information content (AvgIpc) is 3.53. The molecule has 2 aliphatic rings. The van der Waals surface area contributed by atoms with Gasteiger partial charge in [0.25, 0.3) is 0 Å². The maximum atomic E-state index is 2.78. The molecule has 0 aliphatic carbocycles. The number of fused-ring (bicyclic) bond motifs is 6. The van der Waals surface area contributed by atoms with E-state index < -0.39 is 0 Å². The largest absolute Gasteiger partial charge is 0.311 e. The first kappa shape index (κ1) is 53.6. The highest BCUT2D eigenvalue weighted by Crippen LogP contribution is 2.53. The lowest BCUT2D eigenvalue weighted by molar-refractivity contribution is 0.801. The molecule has 0 radical (unpaired) electrons. The van der Waals surface area contributed by atoms with Gasteiger partial charge in [0.05, 0.1) is 5.69 Å². The Balaban J connectivity index is 1.30. The highest BCUT2D eigenvalue weighted by atomic mass is 15.2. The van der Waals surface area contributed by atoms with Gasteiger partial charge in [0, 0.05) is 33.8 Å². The summed E-state index contributed by atoms with van der Waals surface area (Å²) in [6.45, 7) is 38.6. The van der Waals surface area contributed by atoms with E-state index in [1.54, 1.807) is 0 Å². The summed E-state index contributed by atoms with van der Waals surface area (Å²) >= 11 is 0. The molecule has 0 saturated heterocycles. The lowest BCUT2D eigenvalue weighted by Crippen LogP contribution is -2.60. The van der Waals surface area contributed by atoms with Crippen LogP contribution < -0.4 is 42.6 Å². The van der Waals surface area contributed by atoms with Gasteiger partial charge in [-0.15, -0.1) is 0 Å². The first-order chi connectivity index (χ1) is 38.4. The Morgan fingerprint density at radius 2 is 0.725 bits per heavy atom. The number of anilines is 6. The van der Waals surface area contributed by atoms with Crippen molar-refractivity contribution in [1.29, 1.82) is 0 Å². The van der Waals surface area contributed by atoms with Crippen LogP contribution in [0, 0.1) is 0 Å². The van der Waals surface area contributed by atoms with Gasteiger partial charge in [-0.25, -0.2) is 0 Å². The Hall–Kier alpha value is -7.03. The van der Waals surface area contributed by atoms with Crippen LogP contribution in [0.4, 0.5) is 34.1 Å². The van der Waals surface area contributed by atoms with Crippen molar-refractivity contribution in [3.63, 3.8) is 0 Å². The Kier molecular flexibility index (Phi) is 13.7. The fraction of sp³-hybridized carbons (Fsp3) is 0.316. The van der Waals surface area contributed by atoms with Gasteiger partial charge in [-0.3, -0.25) is 0 Å². The molecule has 80 heavy (non-hydrogen) atoms. The van der Waals surface area contributed by atoms with E-state index in [0.29, 0.717) is 35.5 Å². The summed E-state index contributed by atoms with van der Waals surface area (Å²) < 4.78 is 0. The van der Waals surface area contributed by atoms with Crippen LogP contribution in [0.2, 0.25) is 0 Å². The molecule has 0 atom stereocenters. The maximum absolute atomic E-state index is 2.78. The molecule has 2 aliphatic heterocycles. The average molecular weight is 1050 g/mol. The Labute approximate surface area is 480 Å². The first-order valence-corrected chi connectivity index (χ1v) is 30.5. The molecule has 4 heteroatoms. The first-order valence-electron chi connectivity index (χ1n) is 30.5. The van der Waals surface area contributed by atoms with Crippen LogP contribution in [0.3, 0.4) is 0 Å². The summed E-state index contributed by atoms with van der Waals surface area (Å²) in [6.07, 6.45) is 0. The van der Waals surface area contributed by atoms with Gasteiger partial charge in [-0.2, -0.15) is 0 Å². The van der Waals surface area contributed by atoms with Crippen molar-refractivity contribution in [1.82, 2.24) is 0 Å². The summed E-state index contributed by atoms with van der Waals surface area (Å²) in [4.78, 5) is 5.45. The summed E-state index contributed by atoms with van der Waals surface area (Å²) in [5.74, 6) is 2.54. The van der Waals surface area contributed by atoms with Crippen molar-refractivity contribution in [3.05, 3.63) is 202 Å². The number of rotatable bonds is 12. The van der Waals surface area contributed by atoms with E-state index >= 15 is 0 Å². The highest BCUT2D eigenvalue weighted by molar-refractivity contribution is 7.00. The number of hydrogen-bond donors (Lipinski definition) is 0. The van der Waals surface area contributed by atoms with Crippen LogP contribution in [0.15, 0.2) is 158 Å². The smallest absolute Gasteiger partial charge is 0.247 e. The maximum Gasteiger partial charge on any atom is 0.247 e. The van der Waals surface area contributed by atoms with Gasteiger partial charge >= 0.3 is 0 Å². The Bertz CT molecular complexity index is 3670. The van der Waals surface area contributed by atoms with Crippen molar-refractivity contribution in [2.75, 3.05) is 9.80 Å². The SMILES string of the molecule is CC(C)c1cc(C(C)C)c(B2c3ccccc3N(c3ccccc3)c3c2c(C(C)C)c2ccc4c5c(c(C(C)C)c6ccc3c2c46)N(c2c(C(C)C)cc(C(C)C)cc2C(C)C)c2ccccc2B5c2ccccc2)c(C(C)C)c1. The highest BCUT2D eigenvalue weighted by Gasteiger charge is 2.45. The van der Waals surface area contributed by atoms with Gasteiger partial charge in [-0.1, -0.05) is 255 Å². The quantitative estimate of drug-likeness (QED) is 0.0889. The van der Waals surface area contributed by atoms with E-state index in [9.17, 15) is 0 Å². The molecular weight excluding hydrogens is 962 g/mol. The zero-order valence-electron chi connectivity index (χ0n) is 50.7. The number of benzene rings is 10. The molecular formula is C76H82B2N2. The molecule has 0 fully saturated rings. The summed E-state index contributed by atoms with van der Waals surface area (Å²) in [5, 5.41) is 8.20. The fourth-order valence-electron chi connectivity index (χ4n) is 14.8. The molecule has 2 heterocycles. The van der Waals surface area contributed by atoms with Gasteiger partial charge in [-0.05, 0) is 165 Å². The van der Waals surface area contributed by atoms with Crippen molar-refractivity contribution in [3.8, 4) is 0 Å². The van der Waals surface area contributed by atoms with Crippen molar-refractivity contribution in [2.24, 2.45) is 0 Å². The summed E-state index contributed by atoms with van der Waals surface area (Å²) in [7, 11) is 0. The van der Waals surface area contributed by atoms with Crippen molar-refractivity contribution < 1.29 is 0 Å². The molecule has 0 aromatic heterocycles. The molecule has 10 aromatic rings. The second kappa shape index (κ2) is 20.5. The third kappa shape index (κ3) is 8.27. The van der Waals surface area contributed by atoms with Crippen LogP contribution in [-0.4, -0.2) is 13.4 Å². The lowest BCUT2D eigenvalue weighted by atomic mass is 9.32. The molecule has 0 N–H and O–H groups in total. The predicted octanol–water partition coefficient (Wildman–Crippen LogP) is 18.2. The number of para-hydroxylation sites is 3. The minimum absolute atomic E-state index is 0.00562. The van der Waals surface area contributed by atoms with Crippen molar-refractivity contribution in [2.45, 2.75) is 158 Å². The molecule has 12 rings (SSSR count). The minimum Gasteiger partial charge on any atom is -0.311 e. The molecule has 0 bridgehead atoms. The molecule has 0 amide bonds. The summed E-state index contributed by atoms with van der Waals surface area (Å²) in [6, 6.07) is 62.1. The molecule has 0 spiro atoms. The van der Waals surface area contributed by atoms with E-state index in [-0.39, 0.29) is 25.3 Å². The van der Waals surface area contributed by atoms with E-state index in [2.05, 4.69) is 278 Å². The van der Waals surface area contributed by atoms with Crippen LogP contribution in [-0.2, 0) is 0 Å². The monoisotopic (exact) mass is 1040 g/mol. The van der Waals surface area contributed by atoms with Crippen LogP contribution in [0.25, 0.3) is 32.3 Å². The number of hydrogen-bond acceptors (Lipinski definition) is 2. The van der Waals surface area contributed by atoms with E-state index in [1.807, 2.05) is 0 Å². The topological polar surface area (TPSA) is 6.48 Å². The number of nitrogens with zero attached hydrogens (tertiary/aromatic N) is 2. The normalized spacial score (nSPS) is 13.6. The van der Waals surface area contributed by atoms with Crippen LogP contribution >= 0.6 is 0 Å². The Morgan fingerprint density at radius 1 is 0.300 bits per heavy atom. The standard InChI is InChI=1S/C76H82B2N2/c1-43(2)51-39-59(45(5)6)71(60(40-51)46(7)8)78-64-32-24-25-33-65(64)79(54-29-21-18-22-30-54)75-58-38-36-56-68(50(15)16)76-72(57-37-35-55(70(58)69(56)57)67(49(13)14)73(75)78)77(53-27-19-17-20-28-53)63-31-23-26-34-66(63)80(76)74-61(47(9)10)41-52(44(3)4)42-62(74)48(11)12/h17-50H,1-16H3. The van der Waals surface area contributed by atoms with Gasteiger partial charge in [0.2, 0.25) is 13.4 Å². The van der Waals surface area contributed by atoms with Gasteiger partial charge in [0.15, 0.2) is 0 Å². The molecule has 10 aromatic carbocycles. The predicted molar refractivity (Wildman–Crippen MR) is 354 cm³/mol. The second-order valence-electron chi connectivity index (χ2n) is 26.2. The fourth-order valence-corrected chi connectivity index (χ4v) is 14.8. The van der Waals surface area contributed by atoms with Crippen LogP contribution in [0.1, 0.15) is 203 Å². The van der Waals surface area contributed by atoms with Gasteiger partial charge in [0.1, 0.15) is 0 Å². The zero-order valence-corrected chi connectivity index (χ0v) is 50.7. The second-order valence-corrected chi connectivity index (χ2v) is 26.2. The van der Waals surface area contributed by atoms with Crippen LogP contribution in [0.5, 0.6) is 0 Å². The molecule has 0 saturated carbocycles. The molecule has 402 valence electrons. The van der Waals surface area contributed by atoms with Crippen molar-refractivity contribution >= 4 is 113 Å². The van der Waals surface area contributed by atoms with E-state index in [0.717, 1.165) is 0 Å². The van der Waals surface area contributed by atoms with Gasteiger partial charge < -0.3 is 9.80 Å². The third-order valence-corrected chi connectivity index (χ3v) is 18.4. The molecule has 2 nitrogen and oxygen atoms in total.